The molecule has 0 fully saturated rings. The summed E-state index contributed by atoms with van der Waals surface area (Å²) in [5.74, 6) is 0.432. The molecular formula is C24H20N8. The van der Waals surface area contributed by atoms with E-state index in [0.717, 1.165) is 27.6 Å². The van der Waals surface area contributed by atoms with Crippen LogP contribution in [-0.2, 0) is 13.6 Å². The van der Waals surface area contributed by atoms with Crippen LogP contribution < -0.4 is 5.32 Å². The molecular weight excluding hydrogens is 400 g/mol. The Morgan fingerprint density at radius 1 is 1.09 bits per heavy atom. The fourth-order valence-electron chi connectivity index (χ4n) is 3.71. The lowest BCUT2D eigenvalue weighted by atomic mass is 10.0. The number of anilines is 1. The lowest BCUT2D eigenvalue weighted by Crippen LogP contribution is -2.08. The van der Waals surface area contributed by atoms with Crippen LogP contribution in [0.1, 0.15) is 16.8 Å². The van der Waals surface area contributed by atoms with Crippen molar-refractivity contribution in [3.63, 3.8) is 0 Å². The van der Waals surface area contributed by atoms with Gasteiger partial charge < -0.3 is 5.32 Å². The summed E-state index contributed by atoms with van der Waals surface area (Å²) < 4.78 is 1.72. The number of aryl methyl sites for hydroxylation is 2. The minimum atomic E-state index is 0.237. The fourth-order valence-corrected chi connectivity index (χ4v) is 3.71. The maximum Gasteiger partial charge on any atom is 0.183 e. The molecule has 8 nitrogen and oxygen atoms in total. The Morgan fingerprint density at radius 2 is 1.94 bits per heavy atom. The summed E-state index contributed by atoms with van der Waals surface area (Å²) >= 11 is 0. The normalized spacial score (nSPS) is 10.9. The Kier molecular flexibility index (Phi) is 4.84. The molecule has 0 spiro atoms. The van der Waals surface area contributed by atoms with Gasteiger partial charge in [0.25, 0.3) is 0 Å². The number of nitrogens with zero attached hydrogens (tertiary/aromatic N) is 6. The molecule has 0 aliphatic carbocycles. The highest BCUT2D eigenvalue weighted by molar-refractivity contribution is 5.89. The van der Waals surface area contributed by atoms with E-state index in [0.29, 0.717) is 29.4 Å². The summed E-state index contributed by atoms with van der Waals surface area (Å²) in [6, 6.07) is 18.1. The Labute approximate surface area is 184 Å². The number of nitrogens with one attached hydrogen (secondary N) is 2. The van der Waals surface area contributed by atoms with Crippen LogP contribution in [0, 0.1) is 18.3 Å². The van der Waals surface area contributed by atoms with Crippen LogP contribution in [-0.4, -0.2) is 29.9 Å². The van der Waals surface area contributed by atoms with Gasteiger partial charge in [0.1, 0.15) is 17.5 Å². The zero-order valence-electron chi connectivity index (χ0n) is 17.7. The topological polar surface area (TPSA) is 108 Å². The predicted molar refractivity (Wildman–Crippen MR) is 123 cm³/mol. The molecule has 32 heavy (non-hydrogen) atoms. The van der Waals surface area contributed by atoms with Crippen molar-refractivity contribution in [2.45, 2.75) is 13.5 Å². The van der Waals surface area contributed by atoms with Crippen molar-refractivity contribution < 1.29 is 0 Å². The molecule has 0 aliphatic heterocycles. The van der Waals surface area contributed by atoms with E-state index in [2.05, 4.69) is 26.7 Å². The van der Waals surface area contributed by atoms with Crippen LogP contribution in [0.5, 0.6) is 0 Å². The Balaban J connectivity index is 1.66. The van der Waals surface area contributed by atoms with Gasteiger partial charge in [-0.3, -0.25) is 9.78 Å². The number of fused-ring (bicyclic) bond motifs is 1. The molecule has 0 atom stereocenters. The van der Waals surface area contributed by atoms with E-state index in [4.69, 9.17) is 9.97 Å². The third-order valence-corrected chi connectivity index (χ3v) is 5.28. The molecule has 0 saturated carbocycles. The first-order valence-corrected chi connectivity index (χ1v) is 10.2. The maximum atomic E-state index is 9.82. The number of H-pyrrole nitrogens is 1. The van der Waals surface area contributed by atoms with Crippen LogP contribution in [0.2, 0.25) is 0 Å². The molecule has 5 rings (SSSR count). The van der Waals surface area contributed by atoms with E-state index < -0.39 is 0 Å². The molecule has 0 unspecified atom stereocenters. The van der Waals surface area contributed by atoms with Crippen molar-refractivity contribution in [2.75, 3.05) is 5.32 Å². The van der Waals surface area contributed by atoms with Crippen molar-refractivity contribution in [2.24, 2.45) is 7.05 Å². The maximum absolute atomic E-state index is 9.82. The number of hydrogen-bond acceptors (Lipinski definition) is 6. The second kappa shape index (κ2) is 7.96. The lowest BCUT2D eigenvalue weighted by Gasteiger charge is -2.13. The van der Waals surface area contributed by atoms with Gasteiger partial charge in [0.2, 0.25) is 0 Å². The van der Waals surface area contributed by atoms with Gasteiger partial charge in [-0.1, -0.05) is 30.3 Å². The molecule has 3 aromatic heterocycles. The average molecular weight is 420 g/mol. The second-order valence-corrected chi connectivity index (χ2v) is 7.57. The van der Waals surface area contributed by atoms with Crippen LogP contribution >= 0.6 is 0 Å². The number of rotatable bonds is 5. The first kappa shape index (κ1) is 19.5. The van der Waals surface area contributed by atoms with Crippen molar-refractivity contribution in [1.29, 1.82) is 5.26 Å². The van der Waals surface area contributed by atoms with Crippen molar-refractivity contribution >= 4 is 16.7 Å². The van der Waals surface area contributed by atoms with Crippen LogP contribution in [0.25, 0.3) is 33.5 Å². The van der Waals surface area contributed by atoms with Crippen LogP contribution in [0.4, 0.5) is 5.82 Å². The summed E-state index contributed by atoms with van der Waals surface area (Å²) in [4.78, 5) is 9.55. The predicted octanol–water partition coefficient (Wildman–Crippen LogP) is 4.21. The molecule has 0 bridgehead atoms. The molecule has 0 amide bonds. The van der Waals surface area contributed by atoms with Gasteiger partial charge in [0.15, 0.2) is 11.5 Å². The molecule has 0 radical (unpaired) electrons. The monoisotopic (exact) mass is 420 g/mol. The first-order chi connectivity index (χ1) is 15.6. The smallest absolute Gasteiger partial charge is 0.183 e. The van der Waals surface area contributed by atoms with E-state index in [-0.39, 0.29) is 5.69 Å². The third-order valence-electron chi connectivity index (χ3n) is 5.28. The Bertz CT molecular complexity index is 1460. The van der Waals surface area contributed by atoms with E-state index in [1.807, 2.05) is 68.7 Å². The third kappa shape index (κ3) is 3.56. The van der Waals surface area contributed by atoms with Gasteiger partial charge in [-0.05, 0) is 36.2 Å². The molecule has 3 heterocycles. The minimum absolute atomic E-state index is 0.237. The summed E-state index contributed by atoms with van der Waals surface area (Å²) in [5.41, 5.74) is 6.10. The number of aromatic nitrogens is 6. The SMILES string of the molecule is Cc1cc(-c2nc(C#N)c(NCc3ccccc3)nc2-c2ccn(C)n2)cc2cn[nH]c12. The highest BCUT2D eigenvalue weighted by atomic mass is 15.3. The minimum Gasteiger partial charge on any atom is -0.364 e. The highest BCUT2D eigenvalue weighted by Gasteiger charge is 2.19. The van der Waals surface area contributed by atoms with Crippen molar-refractivity contribution in [3.05, 3.63) is 77.7 Å². The van der Waals surface area contributed by atoms with Crippen molar-refractivity contribution in [1.82, 2.24) is 29.9 Å². The molecule has 2 aromatic carbocycles. The quantitative estimate of drug-likeness (QED) is 0.441. The van der Waals surface area contributed by atoms with Gasteiger partial charge in [-0.15, -0.1) is 0 Å². The highest BCUT2D eigenvalue weighted by Crippen LogP contribution is 2.33. The van der Waals surface area contributed by atoms with E-state index >= 15 is 0 Å². The van der Waals surface area contributed by atoms with Gasteiger partial charge >= 0.3 is 0 Å². The second-order valence-electron chi connectivity index (χ2n) is 7.57. The van der Waals surface area contributed by atoms with Gasteiger partial charge in [0.05, 0.1) is 17.4 Å². The summed E-state index contributed by atoms with van der Waals surface area (Å²) in [6.07, 6.45) is 3.64. The summed E-state index contributed by atoms with van der Waals surface area (Å²) in [7, 11) is 1.86. The van der Waals surface area contributed by atoms with E-state index in [9.17, 15) is 5.26 Å². The van der Waals surface area contributed by atoms with Crippen molar-refractivity contribution in [3.8, 4) is 28.7 Å². The molecule has 0 aliphatic rings. The van der Waals surface area contributed by atoms with Gasteiger partial charge in [-0.2, -0.15) is 15.5 Å². The summed E-state index contributed by atoms with van der Waals surface area (Å²) in [6.45, 7) is 2.55. The first-order valence-electron chi connectivity index (χ1n) is 10.2. The molecule has 8 heteroatoms. The number of nitriles is 1. The Morgan fingerprint density at radius 3 is 2.69 bits per heavy atom. The fraction of sp³-hybridized carbons (Fsp3) is 0.125. The Hall–Kier alpha value is -4.51. The molecule has 156 valence electrons. The van der Waals surface area contributed by atoms with Gasteiger partial charge in [0, 0.05) is 30.7 Å². The number of hydrogen-bond donors (Lipinski definition) is 2. The number of benzene rings is 2. The molecule has 2 N–H and O–H groups in total. The van der Waals surface area contributed by atoms with E-state index in [1.165, 1.54) is 0 Å². The number of aromatic amines is 1. The molecule has 5 aromatic rings. The lowest BCUT2D eigenvalue weighted by molar-refractivity contribution is 0.770. The van der Waals surface area contributed by atoms with Gasteiger partial charge in [-0.25, -0.2) is 9.97 Å². The van der Waals surface area contributed by atoms with Crippen LogP contribution in [0.15, 0.2) is 60.9 Å². The summed E-state index contributed by atoms with van der Waals surface area (Å²) in [5, 5.41) is 25.8. The van der Waals surface area contributed by atoms with Crippen LogP contribution in [0.3, 0.4) is 0 Å². The standard InChI is InChI=1S/C24H20N8/c1-15-10-17(11-18-14-27-30-21(15)18)22-23(19-8-9-32(2)31-19)29-24(20(12-25)28-22)26-13-16-6-4-3-5-7-16/h3-11,14H,13H2,1-2H3,(H,26,29)(H,27,30). The molecule has 0 saturated heterocycles. The largest absolute Gasteiger partial charge is 0.364 e. The van der Waals surface area contributed by atoms with E-state index in [1.54, 1.807) is 10.9 Å². The zero-order chi connectivity index (χ0) is 22.1. The zero-order valence-corrected chi connectivity index (χ0v) is 17.7. The average Bonchev–Trinajstić information content (AvgIpc) is 3.47.